The molecule has 10 heteroatoms. The average Bonchev–Trinajstić information content (AvgIpc) is 3.20. The Morgan fingerprint density at radius 2 is 0.966 bits per heavy atom. The second-order valence-corrected chi connectivity index (χ2v) is 17.7. The summed E-state index contributed by atoms with van der Waals surface area (Å²) < 4.78 is 33.5. The number of phosphoric acid groups is 1. The van der Waals surface area contributed by atoms with Gasteiger partial charge in [-0.1, -0.05) is 172 Å². The number of carbonyl (C=O) groups is 2. The summed E-state index contributed by atoms with van der Waals surface area (Å²) in [4.78, 5) is 37.1. The molecule has 0 bridgehead atoms. The second-order valence-electron chi connectivity index (χ2n) is 16.3. The molecule has 0 aromatic heterocycles. The molecule has 0 saturated heterocycles. The lowest BCUT2D eigenvalue weighted by atomic mass is 10.0. The maximum absolute atomic E-state index is 12.7. The van der Waals surface area contributed by atoms with E-state index in [-0.39, 0.29) is 32.0 Å². The maximum atomic E-state index is 12.7. The molecule has 0 rings (SSSR count). The first-order valence-corrected chi connectivity index (χ1v) is 25.4. The van der Waals surface area contributed by atoms with Crippen molar-refractivity contribution in [2.24, 2.45) is 0 Å². The van der Waals surface area contributed by atoms with Gasteiger partial charge in [-0.3, -0.25) is 18.6 Å². The summed E-state index contributed by atoms with van der Waals surface area (Å²) in [5, 5.41) is 0. The van der Waals surface area contributed by atoms with Crippen molar-refractivity contribution < 1.29 is 37.6 Å². The van der Waals surface area contributed by atoms with Crippen LogP contribution in [0.2, 0.25) is 0 Å². The lowest BCUT2D eigenvalue weighted by molar-refractivity contribution is -0.161. The predicted molar refractivity (Wildman–Crippen MR) is 248 cm³/mol. The van der Waals surface area contributed by atoms with Crippen molar-refractivity contribution in [3.63, 3.8) is 0 Å². The fourth-order valence-corrected chi connectivity index (χ4v) is 7.20. The number of nitrogens with zero attached hydrogens (tertiary/aromatic N) is 1. The van der Waals surface area contributed by atoms with Crippen molar-refractivity contribution in [1.82, 2.24) is 4.90 Å². The van der Waals surface area contributed by atoms with Gasteiger partial charge >= 0.3 is 19.8 Å². The van der Waals surface area contributed by atoms with Crippen LogP contribution in [0.1, 0.15) is 206 Å². The molecule has 0 aromatic carbocycles. The minimum atomic E-state index is -4.37. The van der Waals surface area contributed by atoms with Crippen molar-refractivity contribution >= 4 is 19.8 Å². The smallest absolute Gasteiger partial charge is 0.462 e. The van der Waals surface area contributed by atoms with Crippen LogP contribution >= 0.6 is 7.82 Å². The van der Waals surface area contributed by atoms with Gasteiger partial charge < -0.3 is 19.3 Å². The van der Waals surface area contributed by atoms with E-state index in [0.29, 0.717) is 13.0 Å². The topological polar surface area (TPSA) is 112 Å². The monoisotopic (exact) mass is 852 g/mol. The Labute approximate surface area is 362 Å². The third-order valence-electron chi connectivity index (χ3n) is 10.1. The van der Waals surface area contributed by atoms with E-state index >= 15 is 0 Å². The van der Waals surface area contributed by atoms with Crippen LogP contribution in [-0.4, -0.2) is 68.3 Å². The van der Waals surface area contributed by atoms with Crippen LogP contribution in [0.4, 0.5) is 0 Å². The molecule has 344 valence electrons. The molecule has 2 atom stereocenters. The van der Waals surface area contributed by atoms with Crippen LogP contribution in [-0.2, 0) is 32.7 Å². The van der Waals surface area contributed by atoms with E-state index in [2.05, 4.69) is 62.5 Å². The molecular formula is C49H90NO8P. The highest BCUT2D eigenvalue weighted by Crippen LogP contribution is 2.43. The van der Waals surface area contributed by atoms with Crippen molar-refractivity contribution in [3.8, 4) is 0 Å². The second kappa shape index (κ2) is 44.0. The van der Waals surface area contributed by atoms with E-state index in [4.69, 9.17) is 18.5 Å². The number of carbonyl (C=O) groups excluding carboxylic acids is 2. The minimum Gasteiger partial charge on any atom is -0.462 e. The van der Waals surface area contributed by atoms with Gasteiger partial charge in [0, 0.05) is 19.4 Å². The molecule has 0 radical (unpaired) electrons. The first-order chi connectivity index (χ1) is 28.7. The van der Waals surface area contributed by atoms with Gasteiger partial charge in [-0.15, -0.1) is 0 Å². The predicted octanol–water partition coefficient (Wildman–Crippen LogP) is 14.1. The Balaban J connectivity index is 4.20. The molecule has 0 aliphatic heterocycles. The highest BCUT2D eigenvalue weighted by Gasteiger charge is 2.26. The van der Waals surface area contributed by atoms with Crippen LogP contribution in [0.3, 0.4) is 0 Å². The van der Waals surface area contributed by atoms with Gasteiger partial charge in [0.05, 0.1) is 13.2 Å². The van der Waals surface area contributed by atoms with Gasteiger partial charge in [-0.25, -0.2) is 4.57 Å². The molecule has 0 heterocycles. The molecule has 0 amide bonds. The molecular weight excluding hydrogens is 762 g/mol. The van der Waals surface area contributed by atoms with Gasteiger partial charge in [0.2, 0.25) is 0 Å². The SMILES string of the molecule is CC/C=C\C/C=C\C/C=C\CCCCCCCC(=O)OC(COC(=O)CCCCCCCCCCCCC/C=C\CCCCCCCC)COP(=O)(O)OCCN(C)C. The number of likely N-dealkylation sites (N-methyl/N-ethyl adjacent to an activating group) is 1. The summed E-state index contributed by atoms with van der Waals surface area (Å²) in [7, 11) is -0.723. The van der Waals surface area contributed by atoms with Crippen LogP contribution in [0.5, 0.6) is 0 Å². The van der Waals surface area contributed by atoms with Crippen molar-refractivity contribution in [1.29, 1.82) is 0 Å². The lowest BCUT2D eigenvalue weighted by Crippen LogP contribution is -2.29. The van der Waals surface area contributed by atoms with E-state index in [1.54, 1.807) is 0 Å². The van der Waals surface area contributed by atoms with Crippen molar-refractivity contribution in [3.05, 3.63) is 48.6 Å². The average molecular weight is 852 g/mol. The normalized spacial score (nSPS) is 13.7. The Hall–Kier alpha value is -2.03. The summed E-state index contributed by atoms with van der Waals surface area (Å²) >= 11 is 0. The maximum Gasteiger partial charge on any atom is 0.472 e. The summed E-state index contributed by atoms with van der Waals surface area (Å²) in [6.07, 6.45) is 50.2. The number of phosphoric ester groups is 1. The molecule has 0 fully saturated rings. The first-order valence-electron chi connectivity index (χ1n) is 23.9. The molecule has 0 aliphatic carbocycles. The number of esters is 2. The zero-order chi connectivity index (χ0) is 43.3. The molecule has 1 N–H and O–H groups in total. The Kier molecular flexibility index (Phi) is 42.5. The van der Waals surface area contributed by atoms with Gasteiger partial charge in [0.1, 0.15) is 6.61 Å². The molecule has 0 saturated carbocycles. The van der Waals surface area contributed by atoms with Crippen molar-refractivity contribution in [2.75, 3.05) is 40.5 Å². The third-order valence-corrected chi connectivity index (χ3v) is 11.1. The number of ether oxygens (including phenoxy) is 2. The van der Waals surface area contributed by atoms with E-state index < -0.39 is 26.5 Å². The van der Waals surface area contributed by atoms with Crippen LogP contribution in [0, 0.1) is 0 Å². The van der Waals surface area contributed by atoms with Gasteiger partial charge in [0.25, 0.3) is 0 Å². The molecule has 59 heavy (non-hydrogen) atoms. The van der Waals surface area contributed by atoms with E-state index in [1.807, 2.05) is 19.0 Å². The molecule has 0 spiro atoms. The quantitative estimate of drug-likeness (QED) is 0.0277. The summed E-state index contributed by atoms with van der Waals surface area (Å²) in [6.45, 7) is 4.20. The fraction of sp³-hybridized carbons (Fsp3) is 0.796. The molecule has 2 unspecified atom stereocenters. The number of hydrogen-bond donors (Lipinski definition) is 1. The summed E-state index contributed by atoms with van der Waals surface area (Å²) in [5.41, 5.74) is 0. The number of hydrogen-bond acceptors (Lipinski definition) is 8. The van der Waals surface area contributed by atoms with Gasteiger partial charge in [-0.2, -0.15) is 0 Å². The molecule has 9 nitrogen and oxygen atoms in total. The van der Waals surface area contributed by atoms with E-state index in [9.17, 15) is 19.0 Å². The Morgan fingerprint density at radius 3 is 1.46 bits per heavy atom. The standard InChI is InChI=1S/C49H90NO8P/c1-5-7-9-11-13-15-17-19-21-22-23-24-25-26-28-29-31-33-35-37-39-41-48(51)55-45-47(46-57-59(53,54)56-44-43-50(3)4)58-49(52)42-40-38-36-34-32-30-27-20-18-16-14-12-10-8-6-2/h8,10,14,16,19-21,27,47H,5-7,9,11-13,15,17-18,22-26,28-46H2,1-4H3,(H,53,54)/b10-8-,16-14-,21-19-,27-20-. The Bertz CT molecular complexity index is 1120. The largest absolute Gasteiger partial charge is 0.472 e. The Morgan fingerprint density at radius 1 is 0.542 bits per heavy atom. The number of rotatable bonds is 44. The number of allylic oxidation sites excluding steroid dienone is 8. The molecule has 0 aromatic rings. The molecule has 0 aliphatic rings. The minimum absolute atomic E-state index is 0.00271. The van der Waals surface area contributed by atoms with Crippen LogP contribution < -0.4 is 0 Å². The lowest BCUT2D eigenvalue weighted by Gasteiger charge is -2.20. The first kappa shape index (κ1) is 57.0. The summed E-state index contributed by atoms with van der Waals surface area (Å²) in [5.74, 6) is -0.821. The fourth-order valence-electron chi connectivity index (χ4n) is 6.46. The van der Waals surface area contributed by atoms with Gasteiger partial charge in [-0.05, 0) is 84.7 Å². The van der Waals surface area contributed by atoms with E-state index in [1.165, 1.54) is 103 Å². The van der Waals surface area contributed by atoms with Crippen LogP contribution in [0.25, 0.3) is 0 Å². The highest BCUT2D eigenvalue weighted by molar-refractivity contribution is 7.47. The van der Waals surface area contributed by atoms with Crippen LogP contribution in [0.15, 0.2) is 48.6 Å². The van der Waals surface area contributed by atoms with Crippen molar-refractivity contribution in [2.45, 2.75) is 213 Å². The third kappa shape index (κ3) is 45.3. The highest BCUT2D eigenvalue weighted by atomic mass is 31.2. The van der Waals surface area contributed by atoms with E-state index in [0.717, 1.165) is 70.6 Å². The number of unbranched alkanes of at least 4 members (excludes halogenated alkanes) is 22. The zero-order valence-electron chi connectivity index (χ0n) is 38.4. The van der Waals surface area contributed by atoms with Gasteiger partial charge in [0.15, 0.2) is 6.10 Å². The summed E-state index contributed by atoms with van der Waals surface area (Å²) in [6, 6.07) is 0. The zero-order valence-corrected chi connectivity index (χ0v) is 39.3.